The average Bonchev–Trinajstić information content (AvgIpc) is 3.42. The number of hydrogen-bond acceptors (Lipinski definition) is 3. The molecule has 6 aromatic rings. The van der Waals surface area contributed by atoms with E-state index in [0.717, 1.165) is 0 Å². The van der Waals surface area contributed by atoms with Crippen molar-refractivity contribution < 1.29 is 0 Å². The fraction of sp³-hybridized carbons (Fsp3) is 0.273. The summed E-state index contributed by atoms with van der Waals surface area (Å²) in [6, 6.07) is 35.4. The minimum atomic E-state index is 0.141. The molecule has 48 heavy (non-hydrogen) atoms. The van der Waals surface area contributed by atoms with Crippen molar-refractivity contribution in [1.29, 1.82) is 0 Å². The Morgan fingerprint density at radius 2 is 1.08 bits per heavy atom. The minimum absolute atomic E-state index is 0.141. The van der Waals surface area contributed by atoms with Crippen molar-refractivity contribution in [2.75, 3.05) is 9.80 Å². The first-order chi connectivity index (χ1) is 22.9. The summed E-state index contributed by atoms with van der Waals surface area (Å²) in [5.41, 5.74) is 19.0. The van der Waals surface area contributed by atoms with E-state index in [0.29, 0.717) is 0 Å². The molecule has 3 aliphatic rings. The van der Waals surface area contributed by atoms with E-state index in [2.05, 4.69) is 156 Å². The number of aryl methyl sites for hydroxylation is 4. The van der Waals surface area contributed by atoms with Gasteiger partial charge in [0.2, 0.25) is 0 Å². The summed E-state index contributed by atoms with van der Waals surface area (Å²) >= 11 is 2.02. The average molecular weight is 643 g/mol. The number of anilines is 6. The van der Waals surface area contributed by atoms with Gasteiger partial charge in [-0.2, -0.15) is 0 Å². The zero-order valence-electron chi connectivity index (χ0n) is 29.5. The molecule has 0 atom stereocenters. The van der Waals surface area contributed by atoms with E-state index in [1.807, 2.05) is 11.3 Å². The van der Waals surface area contributed by atoms with Crippen molar-refractivity contribution in [3.63, 3.8) is 0 Å². The number of fused-ring (bicyclic) bond motifs is 7. The molecule has 0 unspecified atom stereocenters. The van der Waals surface area contributed by atoms with Gasteiger partial charge in [-0.25, -0.2) is 0 Å². The molecule has 4 heteroatoms. The quantitative estimate of drug-likeness (QED) is 0.173. The Bertz CT molecular complexity index is 2290. The highest BCUT2D eigenvalue weighted by atomic mass is 32.1. The van der Waals surface area contributed by atoms with Gasteiger partial charge in [0.25, 0.3) is 6.71 Å². The fourth-order valence-corrected chi connectivity index (χ4v) is 10.1. The molecule has 0 bridgehead atoms. The molecule has 0 amide bonds. The van der Waals surface area contributed by atoms with Gasteiger partial charge in [-0.15, -0.1) is 11.3 Å². The highest BCUT2D eigenvalue weighted by molar-refractivity contribution is 7.33. The Hall–Kier alpha value is -4.28. The Morgan fingerprint density at radius 1 is 0.562 bits per heavy atom. The summed E-state index contributed by atoms with van der Waals surface area (Å²) in [6.45, 7) is 18.8. The molecule has 1 aliphatic carbocycles. The minimum Gasteiger partial charge on any atom is -0.311 e. The highest BCUT2D eigenvalue weighted by Crippen LogP contribution is 2.52. The van der Waals surface area contributed by atoms with E-state index in [-0.39, 0.29) is 17.5 Å². The van der Waals surface area contributed by atoms with Crippen LogP contribution in [0.4, 0.5) is 34.1 Å². The molecule has 2 nitrogen and oxygen atoms in total. The fourth-order valence-electron chi connectivity index (χ4n) is 8.72. The first-order valence-electron chi connectivity index (χ1n) is 17.5. The van der Waals surface area contributed by atoms with Gasteiger partial charge in [-0.05, 0) is 139 Å². The van der Waals surface area contributed by atoms with Crippen molar-refractivity contribution in [1.82, 2.24) is 0 Å². The second-order valence-electron chi connectivity index (χ2n) is 16.0. The molecule has 0 saturated carbocycles. The van der Waals surface area contributed by atoms with Crippen molar-refractivity contribution in [2.24, 2.45) is 0 Å². The van der Waals surface area contributed by atoms with E-state index < -0.39 is 0 Å². The van der Waals surface area contributed by atoms with Gasteiger partial charge in [-0.1, -0.05) is 75.2 Å². The monoisotopic (exact) mass is 642 g/mol. The van der Waals surface area contributed by atoms with Gasteiger partial charge in [0.1, 0.15) is 0 Å². The summed E-state index contributed by atoms with van der Waals surface area (Å²) in [7, 11) is 0. The van der Waals surface area contributed by atoms with Crippen LogP contribution in [0, 0.1) is 27.7 Å². The van der Waals surface area contributed by atoms with Crippen molar-refractivity contribution in [3.8, 4) is 0 Å². The predicted molar refractivity (Wildman–Crippen MR) is 210 cm³/mol. The van der Waals surface area contributed by atoms with Gasteiger partial charge < -0.3 is 9.80 Å². The Kier molecular flexibility index (Phi) is 6.29. The van der Waals surface area contributed by atoms with E-state index in [1.165, 1.54) is 106 Å². The lowest BCUT2D eigenvalue weighted by atomic mass is 9.36. The molecular formula is C44H43BN2S. The number of hydrogen-bond donors (Lipinski definition) is 0. The first kappa shape index (κ1) is 29.8. The second kappa shape index (κ2) is 10.1. The molecular weight excluding hydrogens is 599 g/mol. The van der Waals surface area contributed by atoms with Gasteiger partial charge in [0.05, 0.1) is 5.69 Å². The smallest absolute Gasteiger partial charge is 0.264 e. The molecule has 0 fully saturated rings. The van der Waals surface area contributed by atoms with Crippen molar-refractivity contribution in [3.05, 3.63) is 124 Å². The van der Waals surface area contributed by atoms with Crippen LogP contribution in [-0.4, -0.2) is 6.71 Å². The highest BCUT2D eigenvalue weighted by Gasteiger charge is 2.46. The predicted octanol–water partition coefficient (Wildman–Crippen LogP) is 10.6. The summed E-state index contributed by atoms with van der Waals surface area (Å²) in [5.74, 6) is 0. The molecule has 9 rings (SSSR count). The molecule has 0 radical (unpaired) electrons. The summed E-state index contributed by atoms with van der Waals surface area (Å²) in [5, 5.41) is 1.39. The third-order valence-electron chi connectivity index (χ3n) is 11.5. The van der Waals surface area contributed by atoms with Crippen molar-refractivity contribution in [2.45, 2.75) is 79.1 Å². The lowest BCUT2D eigenvalue weighted by molar-refractivity contribution is 0.332. The van der Waals surface area contributed by atoms with Gasteiger partial charge in [0, 0.05) is 43.3 Å². The van der Waals surface area contributed by atoms with Crippen LogP contribution < -0.4 is 25.5 Å². The van der Waals surface area contributed by atoms with Gasteiger partial charge >= 0.3 is 0 Å². The second-order valence-corrected chi connectivity index (χ2v) is 17.1. The van der Waals surface area contributed by atoms with Crippen LogP contribution in [0.2, 0.25) is 0 Å². The summed E-state index contributed by atoms with van der Waals surface area (Å²) in [6.07, 6.45) is 2.43. The third kappa shape index (κ3) is 4.24. The van der Waals surface area contributed by atoms with Crippen LogP contribution in [-0.2, 0) is 10.8 Å². The van der Waals surface area contributed by atoms with E-state index >= 15 is 0 Å². The molecule has 0 saturated heterocycles. The molecule has 5 aromatic carbocycles. The maximum Gasteiger partial charge on any atom is 0.264 e. The molecule has 3 heterocycles. The Labute approximate surface area is 290 Å². The van der Waals surface area contributed by atoms with Crippen LogP contribution in [0.3, 0.4) is 0 Å². The van der Waals surface area contributed by atoms with E-state index in [9.17, 15) is 0 Å². The molecule has 0 N–H and O–H groups in total. The third-order valence-corrected chi connectivity index (χ3v) is 12.7. The number of rotatable bonds is 2. The first-order valence-corrected chi connectivity index (χ1v) is 18.3. The van der Waals surface area contributed by atoms with E-state index in [4.69, 9.17) is 0 Å². The maximum atomic E-state index is 2.61. The lowest BCUT2D eigenvalue weighted by Crippen LogP contribution is -2.60. The van der Waals surface area contributed by atoms with Crippen LogP contribution in [0.1, 0.15) is 73.9 Å². The number of nitrogens with zero attached hydrogens (tertiary/aromatic N) is 2. The maximum absolute atomic E-state index is 2.61. The topological polar surface area (TPSA) is 6.48 Å². The summed E-state index contributed by atoms with van der Waals surface area (Å²) < 4.78 is 2.86. The molecule has 1 aromatic heterocycles. The zero-order valence-corrected chi connectivity index (χ0v) is 30.3. The molecule has 2 aliphatic heterocycles. The SMILES string of the molecule is Cc1ccc(N2c3cc(C)ccc3B3c4sc5cc6c(cc5c4N(c4ccc(C)cc4)c4cc(C)cc2c43)C(C)(C)CCC6(C)C)cc1. The molecule has 238 valence electrons. The van der Waals surface area contributed by atoms with Crippen LogP contribution in [0.5, 0.6) is 0 Å². The summed E-state index contributed by atoms with van der Waals surface area (Å²) in [4.78, 5) is 5.13. The van der Waals surface area contributed by atoms with Crippen LogP contribution in [0.15, 0.2) is 91.0 Å². The van der Waals surface area contributed by atoms with Crippen molar-refractivity contribution >= 4 is 78.0 Å². The number of thiophene rings is 1. The van der Waals surface area contributed by atoms with Crippen LogP contribution in [0.25, 0.3) is 10.1 Å². The van der Waals surface area contributed by atoms with E-state index in [1.54, 1.807) is 0 Å². The Balaban J connectivity index is 1.41. The number of benzene rings is 5. The lowest BCUT2D eigenvalue weighted by Gasteiger charge is -2.44. The molecule has 0 spiro atoms. The Morgan fingerprint density at radius 3 is 1.71 bits per heavy atom. The van der Waals surface area contributed by atoms with Gasteiger partial charge in [0.15, 0.2) is 0 Å². The largest absolute Gasteiger partial charge is 0.311 e. The normalized spacial score (nSPS) is 16.8. The standard InChI is InChI=1S/C44H43BN2S/c1-26-9-14-30(15-10-26)46-36-21-28(3)13-18-35(36)45-40-37(46)22-29(4)23-38(40)47(31-16-11-27(2)12-17-31)41-32-24-33-34(25-39(32)48-42(41)45)44(7,8)20-19-43(33,5)6/h9-18,21-25H,19-20H2,1-8H3. The van der Waals surface area contributed by atoms with Crippen LogP contribution >= 0.6 is 11.3 Å². The van der Waals surface area contributed by atoms with Gasteiger partial charge in [-0.3, -0.25) is 0 Å². The zero-order chi connectivity index (χ0) is 33.3.